The van der Waals surface area contributed by atoms with E-state index in [0.717, 1.165) is 18.4 Å². The maximum absolute atomic E-state index is 12.6. The maximum Gasteiger partial charge on any atom is 0.321 e. The molecule has 1 N–H and O–H groups in total. The minimum atomic E-state index is -0.183. The van der Waals surface area contributed by atoms with E-state index in [1.54, 1.807) is 41.3 Å². The average molecular weight is 408 g/mol. The molecule has 0 spiro atoms. The lowest BCUT2D eigenvalue weighted by Gasteiger charge is -2.31. The number of rotatable bonds is 3. The second-order valence-electron chi connectivity index (χ2n) is 6.87. The number of nitrogens with zero attached hydrogens (tertiary/aromatic N) is 4. The van der Waals surface area contributed by atoms with Crippen molar-refractivity contribution in [2.24, 2.45) is 0 Å². The van der Waals surface area contributed by atoms with Gasteiger partial charge >= 0.3 is 6.03 Å². The van der Waals surface area contributed by atoms with Crippen molar-refractivity contribution in [2.75, 3.05) is 18.4 Å². The normalized spacial score (nSPS) is 16.3. The number of anilines is 1. The molecule has 1 aliphatic rings. The number of amides is 2. The minimum Gasteiger partial charge on any atom is -0.339 e. The molecule has 1 saturated heterocycles. The third-order valence-corrected chi connectivity index (χ3v) is 5.12. The highest BCUT2D eigenvalue weighted by Gasteiger charge is 2.28. The van der Waals surface area contributed by atoms with Gasteiger partial charge in [-0.1, -0.05) is 16.8 Å². The Morgan fingerprint density at radius 3 is 2.69 bits per heavy atom. The van der Waals surface area contributed by atoms with Crippen LogP contribution in [0.1, 0.15) is 30.2 Å². The van der Waals surface area contributed by atoms with Crippen LogP contribution in [-0.2, 0) is 0 Å². The molecule has 1 fully saturated rings. The molecule has 29 heavy (non-hydrogen) atoms. The summed E-state index contributed by atoms with van der Waals surface area (Å²) in [5.74, 6) is 1.03. The van der Waals surface area contributed by atoms with Crippen LogP contribution in [0.15, 0.2) is 53.1 Å². The molecule has 0 bridgehead atoms. The first-order chi connectivity index (χ1) is 14.1. The van der Waals surface area contributed by atoms with Crippen molar-refractivity contribution in [2.45, 2.75) is 18.8 Å². The van der Waals surface area contributed by atoms with Gasteiger partial charge in [-0.25, -0.2) is 4.79 Å². The lowest BCUT2D eigenvalue weighted by Crippen LogP contribution is -2.41. The summed E-state index contributed by atoms with van der Waals surface area (Å²) in [6, 6.07) is 15.9. The van der Waals surface area contributed by atoms with E-state index in [0.29, 0.717) is 41.1 Å². The van der Waals surface area contributed by atoms with Gasteiger partial charge in [0.2, 0.25) is 11.7 Å². The van der Waals surface area contributed by atoms with Crippen LogP contribution in [0.5, 0.6) is 0 Å². The predicted octanol–water partition coefficient (Wildman–Crippen LogP) is 4.67. The number of hydrogen-bond acceptors (Lipinski definition) is 5. The summed E-state index contributed by atoms with van der Waals surface area (Å²) >= 11 is 5.92. The number of aromatic nitrogens is 2. The van der Waals surface area contributed by atoms with E-state index in [9.17, 15) is 4.79 Å². The van der Waals surface area contributed by atoms with Gasteiger partial charge in [0, 0.05) is 29.4 Å². The third kappa shape index (κ3) is 4.39. The van der Waals surface area contributed by atoms with E-state index in [2.05, 4.69) is 21.5 Å². The highest BCUT2D eigenvalue weighted by molar-refractivity contribution is 6.30. The van der Waals surface area contributed by atoms with Crippen molar-refractivity contribution in [3.05, 3.63) is 65.0 Å². The highest BCUT2D eigenvalue weighted by atomic mass is 35.5. The summed E-state index contributed by atoms with van der Waals surface area (Å²) < 4.78 is 5.48. The Kier molecular flexibility index (Phi) is 5.45. The van der Waals surface area contributed by atoms with E-state index in [1.165, 1.54) is 0 Å². The number of hydrogen-bond donors (Lipinski definition) is 1. The Hall–Kier alpha value is -3.37. The van der Waals surface area contributed by atoms with Crippen molar-refractivity contribution in [1.82, 2.24) is 15.0 Å². The number of nitriles is 1. The summed E-state index contributed by atoms with van der Waals surface area (Å²) in [6.07, 6.45) is 1.73. The topological polar surface area (TPSA) is 95.1 Å². The summed E-state index contributed by atoms with van der Waals surface area (Å²) in [6.45, 7) is 1.17. The SMILES string of the molecule is N#Cc1ccc(NC(=O)N2CCC[C@@H](c3nc(-c4ccc(Cl)cc4)no3)C2)cc1. The third-order valence-electron chi connectivity index (χ3n) is 4.87. The predicted molar refractivity (Wildman–Crippen MR) is 108 cm³/mol. The van der Waals surface area contributed by atoms with Crippen LogP contribution in [-0.4, -0.2) is 34.2 Å². The van der Waals surface area contributed by atoms with Gasteiger partial charge in [-0.2, -0.15) is 10.2 Å². The lowest BCUT2D eigenvalue weighted by atomic mass is 9.98. The Morgan fingerprint density at radius 2 is 1.97 bits per heavy atom. The fourth-order valence-electron chi connectivity index (χ4n) is 3.31. The Bertz CT molecular complexity index is 1040. The van der Waals surface area contributed by atoms with Gasteiger partial charge in [0.15, 0.2) is 0 Å². The monoisotopic (exact) mass is 407 g/mol. The van der Waals surface area contributed by atoms with Crippen LogP contribution in [0, 0.1) is 11.3 Å². The average Bonchev–Trinajstić information content (AvgIpc) is 3.25. The van der Waals surface area contributed by atoms with Gasteiger partial charge in [0.1, 0.15) is 0 Å². The second kappa shape index (κ2) is 8.33. The number of carbonyl (C=O) groups excluding carboxylic acids is 1. The molecule has 0 aliphatic carbocycles. The van der Waals surface area contributed by atoms with E-state index in [-0.39, 0.29) is 11.9 Å². The van der Waals surface area contributed by atoms with E-state index < -0.39 is 0 Å². The Labute approximate surface area is 172 Å². The molecule has 3 aromatic rings. The van der Waals surface area contributed by atoms with Crippen LogP contribution in [0.25, 0.3) is 11.4 Å². The summed E-state index contributed by atoms with van der Waals surface area (Å²) in [5.41, 5.74) is 2.03. The van der Waals surface area contributed by atoms with Crippen LogP contribution < -0.4 is 5.32 Å². The van der Waals surface area contributed by atoms with Crippen LogP contribution >= 0.6 is 11.6 Å². The van der Waals surface area contributed by atoms with E-state index in [1.807, 2.05) is 12.1 Å². The van der Waals surface area contributed by atoms with E-state index in [4.69, 9.17) is 21.4 Å². The van der Waals surface area contributed by atoms with Gasteiger partial charge in [-0.3, -0.25) is 0 Å². The molecule has 2 heterocycles. The molecule has 8 heteroatoms. The number of nitrogens with one attached hydrogen (secondary N) is 1. The van der Waals surface area contributed by atoms with Crippen molar-refractivity contribution < 1.29 is 9.32 Å². The zero-order valence-electron chi connectivity index (χ0n) is 15.5. The highest BCUT2D eigenvalue weighted by Crippen LogP contribution is 2.28. The number of carbonyl (C=O) groups is 1. The quantitative estimate of drug-likeness (QED) is 0.680. The minimum absolute atomic E-state index is 0.0102. The Morgan fingerprint density at radius 1 is 1.21 bits per heavy atom. The van der Waals surface area contributed by atoms with Crippen LogP contribution in [0.3, 0.4) is 0 Å². The van der Waals surface area contributed by atoms with E-state index >= 15 is 0 Å². The fraction of sp³-hybridized carbons (Fsp3) is 0.238. The molecule has 0 saturated carbocycles. The summed E-state index contributed by atoms with van der Waals surface area (Å²) in [4.78, 5) is 18.9. The zero-order chi connectivity index (χ0) is 20.2. The molecule has 146 valence electrons. The first-order valence-electron chi connectivity index (χ1n) is 9.28. The molecule has 0 radical (unpaired) electrons. The maximum atomic E-state index is 12.6. The van der Waals surface area contributed by atoms with Gasteiger partial charge in [0.05, 0.1) is 17.6 Å². The van der Waals surface area contributed by atoms with Crippen molar-refractivity contribution in [3.63, 3.8) is 0 Å². The standard InChI is InChI=1S/C21H18ClN5O2/c22-17-7-5-15(6-8-17)19-25-20(29-26-19)16-2-1-11-27(13-16)21(28)24-18-9-3-14(12-23)4-10-18/h3-10,16H,1-2,11,13H2,(H,24,28)/t16-/m1/s1. The van der Waals surface area contributed by atoms with Crippen molar-refractivity contribution in [1.29, 1.82) is 5.26 Å². The first-order valence-corrected chi connectivity index (χ1v) is 9.66. The molecule has 1 aromatic heterocycles. The molecule has 1 aliphatic heterocycles. The number of piperidine rings is 1. The fourth-order valence-corrected chi connectivity index (χ4v) is 3.44. The summed E-state index contributed by atoms with van der Waals surface area (Å²) in [5, 5.41) is 16.5. The molecular formula is C21H18ClN5O2. The number of urea groups is 1. The van der Waals surface area contributed by atoms with Crippen molar-refractivity contribution >= 4 is 23.3 Å². The number of benzene rings is 2. The van der Waals surface area contributed by atoms with Gasteiger partial charge < -0.3 is 14.7 Å². The molecule has 2 amide bonds. The number of likely N-dealkylation sites (tertiary alicyclic amines) is 1. The summed E-state index contributed by atoms with van der Waals surface area (Å²) in [7, 11) is 0. The molecule has 2 aromatic carbocycles. The number of halogens is 1. The lowest BCUT2D eigenvalue weighted by molar-refractivity contribution is 0.184. The van der Waals surface area contributed by atoms with Crippen LogP contribution in [0.2, 0.25) is 5.02 Å². The largest absolute Gasteiger partial charge is 0.339 e. The molecular weight excluding hydrogens is 390 g/mol. The second-order valence-corrected chi connectivity index (χ2v) is 7.30. The van der Waals surface area contributed by atoms with Gasteiger partial charge in [0.25, 0.3) is 0 Å². The Balaban J connectivity index is 1.42. The van der Waals surface area contributed by atoms with Gasteiger partial charge in [-0.05, 0) is 61.4 Å². The molecule has 0 unspecified atom stereocenters. The van der Waals surface area contributed by atoms with Gasteiger partial charge in [-0.15, -0.1) is 0 Å². The first kappa shape index (κ1) is 19.0. The molecule has 7 nitrogen and oxygen atoms in total. The van der Waals surface area contributed by atoms with Crippen molar-refractivity contribution in [3.8, 4) is 17.5 Å². The molecule has 1 atom stereocenters. The zero-order valence-corrected chi connectivity index (χ0v) is 16.3. The smallest absolute Gasteiger partial charge is 0.321 e. The van der Waals surface area contributed by atoms with Crippen LogP contribution in [0.4, 0.5) is 10.5 Å². The molecule has 4 rings (SSSR count).